The van der Waals surface area contributed by atoms with Crippen LogP contribution >= 0.6 is 0 Å². The van der Waals surface area contributed by atoms with Gasteiger partial charge in [-0.25, -0.2) is 0 Å². The maximum atomic E-state index is 6.05. The average molecular weight is 492 g/mol. The first-order valence-corrected chi connectivity index (χ1v) is 19.2. The molecule has 1 aliphatic heterocycles. The first kappa shape index (κ1) is 22.1. The van der Waals surface area contributed by atoms with Gasteiger partial charge in [0.1, 0.15) is 0 Å². The topological polar surface area (TPSA) is 39.9 Å². The summed E-state index contributed by atoms with van der Waals surface area (Å²) in [6.07, 6.45) is 15.7. The normalized spacial score (nSPS) is 18.0. The molecular formula is C23H39N3OSn. The van der Waals surface area contributed by atoms with E-state index in [1.165, 1.54) is 79.3 Å². The minimum absolute atomic E-state index is 0.105. The Morgan fingerprint density at radius 3 is 2.25 bits per heavy atom. The molecule has 2 aromatic heterocycles. The Kier molecular flexibility index (Phi) is 8.64. The molecule has 28 heavy (non-hydrogen) atoms. The third-order valence-electron chi connectivity index (χ3n) is 6.48. The molecule has 3 heterocycles. The molecule has 2 aromatic rings. The van der Waals surface area contributed by atoms with Gasteiger partial charge in [-0.15, -0.1) is 0 Å². The van der Waals surface area contributed by atoms with Gasteiger partial charge in [-0.3, -0.25) is 0 Å². The number of ether oxygens (including phenoxy) is 1. The van der Waals surface area contributed by atoms with Crippen LogP contribution in [-0.4, -0.2) is 39.7 Å². The van der Waals surface area contributed by atoms with Gasteiger partial charge in [0, 0.05) is 0 Å². The summed E-state index contributed by atoms with van der Waals surface area (Å²) in [6, 6.07) is 2.44. The van der Waals surface area contributed by atoms with E-state index in [0.717, 1.165) is 13.0 Å². The van der Waals surface area contributed by atoms with E-state index in [9.17, 15) is 0 Å². The van der Waals surface area contributed by atoms with Gasteiger partial charge < -0.3 is 0 Å². The van der Waals surface area contributed by atoms with Gasteiger partial charge in [-0.2, -0.15) is 0 Å². The van der Waals surface area contributed by atoms with E-state index in [2.05, 4.69) is 37.7 Å². The molecule has 0 amide bonds. The Labute approximate surface area is 175 Å². The predicted octanol–water partition coefficient (Wildman–Crippen LogP) is 6.19. The van der Waals surface area contributed by atoms with E-state index in [0.29, 0.717) is 0 Å². The predicted molar refractivity (Wildman–Crippen MR) is 121 cm³/mol. The molecular weight excluding hydrogens is 453 g/mol. The minimum atomic E-state index is -2.51. The van der Waals surface area contributed by atoms with Crippen LogP contribution in [0.3, 0.4) is 0 Å². The summed E-state index contributed by atoms with van der Waals surface area (Å²) >= 11 is -2.51. The number of pyridine rings is 1. The summed E-state index contributed by atoms with van der Waals surface area (Å²) in [6.45, 7) is 7.86. The third kappa shape index (κ3) is 5.10. The maximum absolute atomic E-state index is 6.05. The Bertz CT molecular complexity index is 702. The van der Waals surface area contributed by atoms with E-state index in [-0.39, 0.29) is 6.23 Å². The molecule has 0 spiro atoms. The van der Waals surface area contributed by atoms with Crippen LogP contribution < -0.4 is 3.71 Å². The van der Waals surface area contributed by atoms with Crippen molar-refractivity contribution in [3.05, 3.63) is 18.5 Å². The summed E-state index contributed by atoms with van der Waals surface area (Å²) < 4.78 is 14.1. The van der Waals surface area contributed by atoms with Crippen molar-refractivity contribution in [1.29, 1.82) is 0 Å². The van der Waals surface area contributed by atoms with Crippen molar-refractivity contribution < 1.29 is 4.74 Å². The van der Waals surface area contributed by atoms with E-state index in [1.54, 1.807) is 0 Å². The summed E-state index contributed by atoms with van der Waals surface area (Å²) in [5.74, 6) is 0. The summed E-state index contributed by atoms with van der Waals surface area (Å²) in [5.41, 5.74) is 1.25. The standard InChI is InChI=1S/C11H12N3O.3C4H9.Sn/c1-2-6-15-11(3-1)14-10-4-5-12-7-9(10)8-13-14;3*1-3-4-2;/h4,7-8,11H,1-3,6H2;3*1,3-4H2,2H3;. The summed E-state index contributed by atoms with van der Waals surface area (Å²) in [5, 5.41) is 5.87. The van der Waals surface area contributed by atoms with Crippen LogP contribution in [0.4, 0.5) is 0 Å². The van der Waals surface area contributed by atoms with Crippen LogP contribution in [0.5, 0.6) is 0 Å². The number of aromatic nitrogens is 3. The number of rotatable bonds is 11. The Hall–Kier alpha value is -0.621. The van der Waals surface area contributed by atoms with Gasteiger partial charge in [0.05, 0.1) is 0 Å². The van der Waals surface area contributed by atoms with Crippen molar-refractivity contribution in [2.75, 3.05) is 6.61 Å². The molecule has 0 N–H and O–H groups in total. The van der Waals surface area contributed by atoms with Crippen LogP contribution in [0.25, 0.3) is 10.9 Å². The number of hydrogen-bond donors (Lipinski definition) is 0. The van der Waals surface area contributed by atoms with Crippen molar-refractivity contribution in [2.45, 2.75) is 98.1 Å². The van der Waals surface area contributed by atoms with E-state index in [4.69, 9.17) is 14.8 Å². The zero-order valence-corrected chi connectivity index (χ0v) is 21.1. The molecule has 0 saturated carbocycles. The van der Waals surface area contributed by atoms with Crippen molar-refractivity contribution in [2.24, 2.45) is 0 Å². The van der Waals surface area contributed by atoms with E-state index >= 15 is 0 Å². The van der Waals surface area contributed by atoms with Crippen LogP contribution in [0.2, 0.25) is 13.3 Å². The molecule has 0 aromatic carbocycles. The average Bonchev–Trinajstić information content (AvgIpc) is 3.17. The molecule has 0 aliphatic carbocycles. The fourth-order valence-corrected chi connectivity index (χ4v) is 20.1. The van der Waals surface area contributed by atoms with Crippen LogP contribution in [0, 0.1) is 0 Å². The number of hydrogen-bond acceptors (Lipinski definition) is 3. The quantitative estimate of drug-likeness (QED) is 0.352. The SMILES string of the molecule is CCC[CH2][Sn]([CH2]CCC)([CH2]CCC)[c]1cc2c(cn1)cnn2C1CCCCO1. The summed E-state index contributed by atoms with van der Waals surface area (Å²) in [4.78, 5) is 5.10. The molecule has 1 fully saturated rings. The van der Waals surface area contributed by atoms with Gasteiger partial charge in [0.2, 0.25) is 0 Å². The molecule has 3 rings (SSSR count). The molecule has 1 atom stereocenters. The third-order valence-corrected chi connectivity index (χ3v) is 21.6. The van der Waals surface area contributed by atoms with Crippen molar-refractivity contribution in [1.82, 2.24) is 14.8 Å². The Balaban J connectivity index is 1.99. The Morgan fingerprint density at radius 1 is 1.00 bits per heavy atom. The second kappa shape index (κ2) is 11.0. The fraction of sp³-hybridized carbons (Fsp3) is 0.739. The van der Waals surface area contributed by atoms with Gasteiger partial charge in [-0.1, -0.05) is 0 Å². The number of fused-ring (bicyclic) bond motifs is 1. The van der Waals surface area contributed by atoms with Crippen LogP contribution in [0.1, 0.15) is 84.8 Å². The van der Waals surface area contributed by atoms with Gasteiger partial charge in [-0.05, 0) is 0 Å². The van der Waals surface area contributed by atoms with Crippen LogP contribution in [0.15, 0.2) is 18.5 Å². The van der Waals surface area contributed by atoms with Crippen molar-refractivity contribution >= 4 is 33.0 Å². The zero-order chi connectivity index (χ0) is 19.8. The monoisotopic (exact) mass is 493 g/mol. The second-order valence-electron chi connectivity index (χ2n) is 8.63. The van der Waals surface area contributed by atoms with Gasteiger partial charge in [0.25, 0.3) is 0 Å². The summed E-state index contributed by atoms with van der Waals surface area (Å²) in [7, 11) is 0. The first-order valence-electron chi connectivity index (χ1n) is 11.7. The number of unbranched alkanes of at least 4 members (excludes halogenated alkanes) is 3. The van der Waals surface area contributed by atoms with E-state index < -0.39 is 18.4 Å². The molecule has 1 aliphatic rings. The van der Waals surface area contributed by atoms with Gasteiger partial charge >= 0.3 is 176 Å². The second-order valence-corrected chi connectivity index (χ2v) is 21.7. The molecule has 0 bridgehead atoms. The molecule has 4 nitrogen and oxygen atoms in total. The fourth-order valence-electron chi connectivity index (χ4n) is 4.68. The van der Waals surface area contributed by atoms with Gasteiger partial charge in [0.15, 0.2) is 0 Å². The molecule has 156 valence electrons. The van der Waals surface area contributed by atoms with Crippen LogP contribution in [-0.2, 0) is 4.74 Å². The zero-order valence-electron chi connectivity index (χ0n) is 18.3. The number of nitrogens with zero attached hydrogens (tertiary/aromatic N) is 3. The molecule has 5 heteroatoms. The first-order chi connectivity index (χ1) is 13.7. The van der Waals surface area contributed by atoms with E-state index in [1.807, 2.05) is 6.20 Å². The molecule has 1 saturated heterocycles. The van der Waals surface area contributed by atoms with Crippen molar-refractivity contribution in [3.63, 3.8) is 0 Å². The molecule has 1 unspecified atom stereocenters. The van der Waals surface area contributed by atoms with Crippen molar-refractivity contribution in [3.8, 4) is 0 Å². The Morgan fingerprint density at radius 2 is 1.68 bits per heavy atom. The molecule has 0 radical (unpaired) electrons.